The number of sulfonamides is 1. The average molecular weight is 528 g/mol. The van der Waals surface area contributed by atoms with Crippen LogP contribution in [0.4, 0.5) is 4.39 Å². The number of nitrogens with one attached hydrogen (secondary N) is 1. The van der Waals surface area contributed by atoms with Crippen LogP contribution in [0.25, 0.3) is 5.65 Å². The van der Waals surface area contributed by atoms with E-state index >= 15 is 0 Å². The highest BCUT2D eigenvalue weighted by atomic mass is 32.2. The summed E-state index contributed by atoms with van der Waals surface area (Å²) in [6.07, 6.45) is 7.89. The monoisotopic (exact) mass is 527 g/mol. The number of amides is 1. The largest absolute Gasteiger partial charge is 0.494 e. The Kier molecular flexibility index (Phi) is 6.42. The molecule has 1 aromatic carbocycles. The van der Waals surface area contributed by atoms with Crippen molar-refractivity contribution in [2.75, 3.05) is 21.2 Å². The van der Waals surface area contributed by atoms with E-state index in [0.717, 1.165) is 15.6 Å². The van der Waals surface area contributed by atoms with Crippen LogP contribution in [0.5, 0.6) is 5.75 Å². The Balaban J connectivity index is 1.30. The average Bonchev–Trinajstić information content (AvgIpc) is 3.48. The van der Waals surface area contributed by atoms with Crippen molar-refractivity contribution in [1.29, 1.82) is 0 Å². The first-order chi connectivity index (χ1) is 17.7. The van der Waals surface area contributed by atoms with Gasteiger partial charge in [-0.1, -0.05) is 11.3 Å². The molecule has 1 amide bonds. The van der Waals surface area contributed by atoms with Crippen LogP contribution >= 0.6 is 0 Å². The summed E-state index contributed by atoms with van der Waals surface area (Å²) in [6.45, 7) is -0.0939. The molecule has 13 heteroatoms. The number of hydrogen-bond acceptors (Lipinski definition) is 7. The lowest BCUT2D eigenvalue weighted by molar-refractivity contribution is 0.0945. The molecule has 194 valence electrons. The van der Waals surface area contributed by atoms with E-state index < -0.39 is 28.3 Å². The molecular formula is C24H26FN7O4S. The molecule has 1 saturated carbocycles. The molecule has 0 bridgehead atoms. The topological polar surface area (TPSA) is 124 Å². The fourth-order valence-corrected chi connectivity index (χ4v) is 5.15. The Morgan fingerprint density at radius 1 is 1.19 bits per heavy atom. The van der Waals surface area contributed by atoms with Gasteiger partial charge in [0, 0.05) is 38.6 Å². The summed E-state index contributed by atoms with van der Waals surface area (Å²) in [6, 6.07) is 6.56. The molecule has 3 aromatic heterocycles. The fraction of sp³-hybridized carbons (Fsp3) is 0.333. The molecule has 5 rings (SSSR count). The van der Waals surface area contributed by atoms with Gasteiger partial charge in [-0.2, -0.15) is 0 Å². The van der Waals surface area contributed by atoms with Crippen molar-refractivity contribution < 1.29 is 22.3 Å². The van der Waals surface area contributed by atoms with Crippen molar-refractivity contribution in [2.24, 2.45) is 0 Å². The van der Waals surface area contributed by atoms with Crippen LogP contribution < -0.4 is 10.1 Å². The van der Waals surface area contributed by atoms with Crippen LogP contribution in [0.3, 0.4) is 0 Å². The molecule has 0 radical (unpaired) electrons. The number of nitrogens with zero attached hydrogens (tertiary/aromatic N) is 6. The Bertz CT molecular complexity index is 1590. The number of ether oxygens (including phenoxy) is 1. The van der Waals surface area contributed by atoms with E-state index in [1.54, 1.807) is 0 Å². The Hall–Kier alpha value is -3.84. The number of halogens is 1. The Labute approximate surface area is 212 Å². The van der Waals surface area contributed by atoms with Gasteiger partial charge in [0.1, 0.15) is 5.65 Å². The summed E-state index contributed by atoms with van der Waals surface area (Å²) in [7, 11) is -0.0147. The standard InChI is InChI=1S/C24H26FN7O4S/c1-30(2)37(34,35)21-8-7-20(36-3)23(25)18(21)10-26-24(33)19-14-32(29-28-19)13-17-12-31-11-16(15-4-5-15)6-9-22(31)27-17/h6-9,11-12,14-15H,4-5,10,13H2,1-3H3,(H,26,33). The summed E-state index contributed by atoms with van der Waals surface area (Å²) in [5.41, 5.74) is 2.65. The van der Waals surface area contributed by atoms with E-state index in [1.807, 2.05) is 16.7 Å². The first kappa shape index (κ1) is 24.8. The van der Waals surface area contributed by atoms with Gasteiger partial charge in [-0.15, -0.1) is 5.10 Å². The number of rotatable bonds is 9. The van der Waals surface area contributed by atoms with E-state index in [1.165, 1.54) is 62.6 Å². The van der Waals surface area contributed by atoms with E-state index in [4.69, 9.17) is 4.74 Å². The van der Waals surface area contributed by atoms with Gasteiger partial charge in [-0.05, 0) is 42.5 Å². The fourth-order valence-electron chi connectivity index (χ4n) is 4.04. The maximum absolute atomic E-state index is 15.0. The van der Waals surface area contributed by atoms with Gasteiger partial charge in [0.05, 0.1) is 30.4 Å². The molecule has 1 N–H and O–H groups in total. The second kappa shape index (κ2) is 9.56. The maximum atomic E-state index is 15.0. The zero-order chi connectivity index (χ0) is 26.3. The minimum absolute atomic E-state index is 0.0000971. The number of carbonyl (C=O) groups excluding carboxylic acids is 1. The van der Waals surface area contributed by atoms with Gasteiger partial charge in [0.15, 0.2) is 17.3 Å². The third-order valence-corrected chi connectivity index (χ3v) is 8.14. The van der Waals surface area contributed by atoms with Crippen LogP contribution in [-0.4, -0.2) is 64.2 Å². The maximum Gasteiger partial charge on any atom is 0.273 e. The molecule has 3 heterocycles. The van der Waals surface area contributed by atoms with Crippen molar-refractivity contribution in [3.05, 3.63) is 71.2 Å². The zero-order valence-corrected chi connectivity index (χ0v) is 21.4. The highest BCUT2D eigenvalue weighted by molar-refractivity contribution is 7.89. The SMILES string of the molecule is COc1ccc(S(=O)(=O)N(C)C)c(CNC(=O)c2cn(Cc3cn4cc(C5CC5)ccc4n3)nn2)c1F. The van der Waals surface area contributed by atoms with E-state index in [0.29, 0.717) is 12.5 Å². The lowest BCUT2D eigenvalue weighted by atomic mass is 10.2. The second-order valence-electron chi connectivity index (χ2n) is 9.06. The number of methoxy groups -OCH3 is 1. The van der Waals surface area contributed by atoms with Crippen molar-refractivity contribution in [1.82, 2.24) is 34.0 Å². The summed E-state index contributed by atoms with van der Waals surface area (Å²) in [5, 5.41) is 10.4. The molecule has 0 unspecified atom stereocenters. The number of aromatic nitrogens is 5. The highest BCUT2D eigenvalue weighted by Crippen LogP contribution is 2.39. The lowest BCUT2D eigenvalue weighted by Gasteiger charge is -2.17. The minimum Gasteiger partial charge on any atom is -0.494 e. The molecule has 0 atom stereocenters. The third kappa shape index (κ3) is 4.91. The molecular weight excluding hydrogens is 501 g/mol. The molecule has 11 nitrogen and oxygen atoms in total. The Morgan fingerprint density at radius 3 is 2.68 bits per heavy atom. The van der Waals surface area contributed by atoms with Crippen molar-refractivity contribution in [3.8, 4) is 5.75 Å². The van der Waals surface area contributed by atoms with Gasteiger partial charge in [0.2, 0.25) is 10.0 Å². The second-order valence-corrected chi connectivity index (χ2v) is 11.2. The molecule has 37 heavy (non-hydrogen) atoms. The first-order valence-electron chi connectivity index (χ1n) is 11.6. The van der Waals surface area contributed by atoms with Crippen molar-refractivity contribution in [3.63, 3.8) is 0 Å². The number of benzene rings is 1. The number of imidazole rings is 1. The smallest absolute Gasteiger partial charge is 0.273 e. The molecule has 1 aliphatic rings. The molecule has 1 aliphatic carbocycles. The number of carbonyl (C=O) groups is 1. The summed E-state index contributed by atoms with van der Waals surface area (Å²) >= 11 is 0. The normalized spacial score (nSPS) is 13.9. The number of pyridine rings is 1. The quantitative estimate of drug-likeness (QED) is 0.354. The van der Waals surface area contributed by atoms with Crippen molar-refractivity contribution >= 4 is 21.6 Å². The zero-order valence-electron chi connectivity index (χ0n) is 20.5. The van der Waals surface area contributed by atoms with Gasteiger partial charge < -0.3 is 14.5 Å². The molecule has 0 aliphatic heterocycles. The van der Waals surface area contributed by atoms with Gasteiger partial charge >= 0.3 is 0 Å². The summed E-state index contributed by atoms with van der Waals surface area (Å²) in [4.78, 5) is 17.1. The molecule has 4 aromatic rings. The van der Waals surface area contributed by atoms with Crippen LogP contribution in [0.2, 0.25) is 0 Å². The first-order valence-corrected chi connectivity index (χ1v) is 13.0. The van der Waals surface area contributed by atoms with Gasteiger partial charge in [0.25, 0.3) is 5.91 Å². The minimum atomic E-state index is -3.97. The van der Waals surface area contributed by atoms with Crippen LogP contribution in [0.15, 0.2) is 47.8 Å². The van der Waals surface area contributed by atoms with Gasteiger partial charge in [-0.3, -0.25) is 4.79 Å². The van der Waals surface area contributed by atoms with Crippen molar-refractivity contribution in [2.45, 2.75) is 36.7 Å². The predicted octanol–water partition coefficient (Wildman–Crippen LogP) is 2.18. The van der Waals surface area contributed by atoms with Crippen LogP contribution in [-0.2, 0) is 23.1 Å². The molecule has 0 saturated heterocycles. The van der Waals surface area contributed by atoms with Gasteiger partial charge in [-0.25, -0.2) is 26.8 Å². The lowest BCUT2D eigenvalue weighted by Crippen LogP contribution is -2.28. The van der Waals surface area contributed by atoms with E-state index in [9.17, 15) is 17.6 Å². The number of fused-ring (bicyclic) bond motifs is 1. The summed E-state index contributed by atoms with van der Waals surface area (Å²) in [5.74, 6) is -1.00. The molecule has 1 fully saturated rings. The van der Waals surface area contributed by atoms with E-state index in [2.05, 4.69) is 32.9 Å². The number of hydrogen-bond donors (Lipinski definition) is 1. The van der Waals surface area contributed by atoms with Crippen LogP contribution in [0.1, 0.15) is 46.1 Å². The van der Waals surface area contributed by atoms with Crippen LogP contribution in [0, 0.1) is 5.82 Å². The van der Waals surface area contributed by atoms with E-state index in [-0.39, 0.29) is 21.9 Å². The highest BCUT2D eigenvalue weighted by Gasteiger charge is 2.26. The molecule has 0 spiro atoms. The third-order valence-electron chi connectivity index (χ3n) is 6.24. The summed E-state index contributed by atoms with van der Waals surface area (Å²) < 4.78 is 49.8. The Morgan fingerprint density at radius 2 is 1.97 bits per heavy atom. The predicted molar refractivity (Wildman–Crippen MR) is 131 cm³/mol.